The van der Waals surface area contributed by atoms with E-state index in [1.807, 2.05) is 6.07 Å². The number of amides is 3. The quantitative estimate of drug-likeness (QED) is 0.0808. The first-order chi connectivity index (χ1) is 21.8. The van der Waals surface area contributed by atoms with Gasteiger partial charge in [-0.25, -0.2) is 4.79 Å². The van der Waals surface area contributed by atoms with Gasteiger partial charge in [0, 0.05) is 18.5 Å². The van der Waals surface area contributed by atoms with E-state index in [2.05, 4.69) is 20.4 Å². The summed E-state index contributed by atoms with van der Waals surface area (Å²) in [7, 11) is -4.86. The molecule has 46 heavy (non-hydrogen) atoms. The Morgan fingerprint density at radius 1 is 1.07 bits per heavy atom. The second-order valence-corrected chi connectivity index (χ2v) is 13.3. The molecule has 1 aliphatic heterocycles. The van der Waals surface area contributed by atoms with E-state index < -0.39 is 72.3 Å². The number of carbonyl (C=O) groups is 4. The molecule has 0 radical (unpaired) electrons. The average Bonchev–Trinajstić information content (AvgIpc) is 3.58. The van der Waals surface area contributed by atoms with Crippen LogP contribution >= 0.6 is 23.1 Å². The van der Waals surface area contributed by atoms with E-state index >= 15 is 0 Å². The van der Waals surface area contributed by atoms with Gasteiger partial charge >= 0.3 is 5.97 Å². The molecule has 4 rings (SSSR count). The third kappa shape index (κ3) is 8.24. The Balaban J connectivity index is 1.33. The molecular formula is C25H22N6O12S3. The summed E-state index contributed by atoms with van der Waals surface area (Å²) in [6.45, 7) is 0.000467. The van der Waals surface area contributed by atoms with Crippen LogP contribution in [0.4, 0.5) is 11.4 Å². The summed E-state index contributed by atoms with van der Waals surface area (Å²) < 4.78 is 31.7. The van der Waals surface area contributed by atoms with Crippen LogP contribution < -0.4 is 5.32 Å². The number of hydrogen-bond donors (Lipinski definition) is 2. The zero-order chi connectivity index (χ0) is 33.6. The maximum absolute atomic E-state index is 12.9. The molecule has 2 N–H and O–H groups in total. The van der Waals surface area contributed by atoms with Crippen LogP contribution in [-0.4, -0.2) is 73.6 Å². The standard InChI is InChI=1S/C25H22N6O12S3/c32-20-13-19(46(40,41)42)24(35)29(20)43-21(33)9-5-2-6-10-26-22(34)15-11-18(17(31(38)39)12-16(15)30(36)37)44-25-28-27-23(45-25)14-7-3-1-4-8-14/h1,3-4,7-8,11-12,19H,2,5-6,9-10,13H2,(H,26,34)(H,40,41,42). The summed E-state index contributed by atoms with van der Waals surface area (Å²) in [6.07, 6.45) is -0.392. The number of nitrogens with one attached hydrogen (secondary N) is 1. The molecule has 1 aliphatic rings. The van der Waals surface area contributed by atoms with Crippen molar-refractivity contribution in [3.05, 3.63) is 68.3 Å². The highest BCUT2D eigenvalue weighted by molar-refractivity contribution is 8.01. The summed E-state index contributed by atoms with van der Waals surface area (Å²) in [5.41, 5.74) is -1.02. The van der Waals surface area contributed by atoms with Crippen LogP contribution in [0.1, 0.15) is 42.5 Å². The Labute approximate surface area is 267 Å². The van der Waals surface area contributed by atoms with Crippen LogP contribution in [-0.2, 0) is 29.3 Å². The first-order valence-electron chi connectivity index (χ1n) is 13.1. The van der Waals surface area contributed by atoms with Crippen molar-refractivity contribution in [3.8, 4) is 10.6 Å². The molecule has 1 atom stereocenters. The van der Waals surface area contributed by atoms with Crippen LogP contribution in [0.2, 0.25) is 0 Å². The Morgan fingerprint density at radius 2 is 1.76 bits per heavy atom. The lowest BCUT2D eigenvalue weighted by molar-refractivity contribution is -0.396. The molecule has 21 heteroatoms. The molecule has 0 aliphatic carbocycles. The van der Waals surface area contributed by atoms with Crippen LogP contribution in [0.25, 0.3) is 10.6 Å². The van der Waals surface area contributed by atoms with Crippen LogP contribution in [0.3, 0.4) is 0 Å². The molecule has 1 fully saturated rings. The van der Waals surface area contributed by atoms with Gasteiger partial charge in [0.15, 0.2) is 9.59 Å². The summed E-state index contributed by atoms with van der Waals surface area (Å²) in [5.74, 6) is -4.37. The Bertz CT molecular complexity index is 1820. The minimum absolute atomic E-state index is 0.000467. The van der Waals surface area contributed by atoms with E-state index in [0.717, 1.165) is 34.7 Å². The SMILES string of the molecule is O=C(CCCCCNC(=O)c1cc(Sc2nnc(-c3ccccc3)s2)c([N+](=O)[O-])cc1[N+](=O)[O-])ON1C(=O)CC(S(=O)(=O)O)C1=O. The normalized spacial score (nSPS) is 14.7. The highest BCUT2D eigenvalue weighted by Crippen LogP contribution is 2.41. The molecule has 1 aromatic heterocycles. The van der Waals surface area contributed by atoms with E-state index in [0.29, 0.717) is 21.8 Å². The van der Waals surface area contributed by atoms with Crippen LogP contribution in [0, 0.1) is 20.2 Å². The van der Waals surface area contributed by atoms with E-state index in [4.69, 9.17) is 4.55 Å². The van der Waals surface area contributed by atoms with Gasteiger partial charge in [0.1, 0.15) is 10.6 Å². The van der Waals surface area contributed by atoms with Gasteiger partial charge in [0.05, 0.1) is 27.2 Å². The van der Waals surface area contributed by atoms with Crippen molar-refractivity contribution in [1.82, 2.24) is 20.6 Å². The molecule has 2 aromatic carbocycles. The van der Waals surface area contributed by atoms with Crippen molar-refractivity contribution in [3.63, 3.8) is 0 Å². The summed E-state index contributed by atoms with van der Waals surface area (Å²) in [5, 5.41) is 32.5. The Morgan fingerprint density at radius 3 is 2.39 bits per heavy atom. The van der Waals surface area contributed by atoms with Crippen LogP contribution in [0.5, 0.6) is 0 Å². The first kappa shape index (κ1) is 34.0. The van der Waals surface area contributed by atoms with Crippen molar-refractivity contribution in [2.75, 3.05) is 6.54 Å². The van der Waals surface area contributed by atoms with Crippen molar-refractivity contribution in [2.45, 2.75) is 46.6 Å². The fourth-order valence-electron chi connectivity index (χ4n) is 4.08. The summed E-state index contributed by atoms with van der Waals surface area (Å²) in [6, 6.07) is 10.8. The van der Waals surface area contributed by atoms with E-state index in [1.54, 1.807) is 24.3 Å². The first-order valence-corrected chi connectivity index (χ1v) is 16.3. The van der Waals surface area contributed by atoms with Crippen molar-refractivity contribution in [1.29, 1.82) is 0 Å². The van der Waals surface area contributed by atoms with Gasteiger partial charge in [-0.2, -0.15) is 8.42 Å². The van der Waals surface area contributed by atoms with Gasteiger partial charge in [-0.15, -0.1) is 15.3 Å². The number of carbonyl (C=O) groups excluding carboxylic acids is 4. The lowest BCUT2D eigenvalue weighted by Gasteiger charge is -2.13. The maximum atomic E-state index is 12.9. The van der Waals surface area contributed by atoms with Crippen molar-refractivity contribution < 1.29 is 46.8 Å². The maximum Gasteiger partial charge on any atom is 0.333 e. The third-order valence-electron chi connectivity index (χ3n) is 6.30. The number of nitro benzene ring substituents is 2. The second kappa shape index (κ2) is 14.5. The van der Waals surface area contributed by atoms with Gasteiger partial charge in [-0.1, -0.05) is 59.9 Å². The van der Waals surface area contributed by atoms with E-state index in [9.17, 15) is 47.8 Å². The fraction of sp³-hybridized carbons (Fsp3) is 0.280. The molecule has 2 heterocycles. The number of nitro groups is 2. The highest BCUT2D eigenvalue weighted by Gasteiger charge is 2.48. The van der Waals surface area contributed by atoms with Gasteiger partial charge in [-0.05, 0) is 18.9 Å². The minimum Gasteiger partial charge on any atom is -0.352 e. The highest BCUT2D eigenvalue weighted by atomic mass is 32.2. The number of aromatic nitrogens is 2. The van der Waals surface area contributed by atoms with Crippen molar-refractivity contribution >= 4 is 68.3 Å². The lowest BCUT2D eigenvalue weighted by atomic mass is 10.1. The second-order valence-electron chi connectivity index (χ2n) is 9.46. The summed E-state index contributed by atoms with van der Waals surface area (Å²) >= 11 is 1.97. The predicted molar refractivity (Wildman–Crippen MR) is 158 cm³/mol. The zero-order valence-electron chi connectivity index (χ0n) is 23.3. The van der Waals surface area contributed by atoms with E-state index in [-0.39, 0.29) is 35.8 Å². The zero-order valence-corrected chi connectivity index (χ0v) is 25.7. The molecule has 0 bridgehead atoms. The van der Waals surface area contributed by atoms with Gasteiger partial charge in [-0.3, -0.25) is 39.2 Å². The predicted octanol–water partition coefficient (Wildman–Crippen LogP) is 2.94. The molecule has 1 saturated heterocycles. The van der Waals surface area contributed by atoms with Crippen molar-refractivity contribution in [2.24, 2.45) is 0 Å². The Kier molecular flexibility index (Phi) is 10.7. The lowest BCUT2D eigenvalue weighted by Crippen LogP contribution is -2.36. The molecule has 3 amide bonds. The molecule has 242 valence electrons. The smallest absolute Gasteiger partial charge is 0.333 e. The molecule has 3 aromatic rings. The number of imide groups is 1. The number of hydroxylamine groups is 2. The van der Waals surface area contributed by atoms with Gasteiger partial charge in [0.25, 0.3) is 39.2 Å². The molecular weight excluding hydrogens is 673 g/mol. The monoisotopic (exact) mass is 694 g/mol. The minimum atomic E-state index is -4.86. The van der Waals surface area contributed by atoms with E-state index in [1.165, 1.54) is 0 Å². The molecule has 18 nitrogen and oxygen atoms in total. The molecule has 0 saturated carbocycles. The number of hydrogen-bond acceptors (Lipinski definition) is 15. The molecule has 1 unspecified atom stereocenters. The fourth-order valence-corrected chi connectivity index (χ4v) is 6.73. The summed E-state index contributed by atoms with van der Waals surface area (Å²) in [4.78, 5) is 74.9. The third-order valence-corrected chi connectivity index (χ3v) is 9.46. The largest absolute Gasteiger partial charge is 0.352 e. The van der Waals surface area contributed by atoms with Crippen LogP contribution in [0.15, 0.2) is 51.7 Å². The Hall–Kier alpha value is -4.86. The number of benzene rings is 2. The number of unbranched alkanes of at least 4 members (excludes halogenated alkanes) is 2. The molecule has 0 spiro atoms. The topological polar surface area (TPSA) is 259 Å². The number of rotatable bonds is 14. The van der Waals surface area contributed by atoms with Gasteiger partial charge in [0.2, 0.25) is 0 Å². The number of nitrogens with zero attached hydrogens (tertiary/aromatic N) is 5. The van der Waals surface area contributed by atoms with Gasteiger partial charge < -0.3 is 10.2 Å². The average molecular weight is 695 g/mol.